The number of carbonyl (C=O) groups excluding carboxylic acids is 1. The van der Waals surface area contributed by atoms with Crippen LogP contribution in [0.25, 0.3) is 0 Å². The summed E-state index contributed by atoms with van der Waals surface area (Å²) in [7, 11) is 0. The number of aromatic nitrogens is 2. The van der Waals surface area contributed by atoms with Crippen molar-refractivity contribution in [3.63, 3.8) is 0 Å². The number of hydrogen-bond donors (Lipinski definition) is 2. The van der Waals surface area contributed by atoms with Crippen LogP contribution in [-0.4, -0.2) is 16.5 Å². The molecule has 0 spiro atoms. The third-order valence-electron chi connectivity index (χ3n) is 0.744. The highest BCUT2D eigenvalue weighted by Crippen LogP contribution is 1.75. The fourth-order valence-electron chi connectivity index (χ4n) is 0.411. The number of aromatic amines is 2. The first-order valence-electron chi connectivity index (χ1n) is 2.06. The lowest BCUT2D eigenvalue weighted by molar-refractivity contribution is 0.111. The van der Waals surface area contributed by atoms with E-state index in [9.17, 15) is 9.59 Å². The molecule has 1 aromatic heterocycles. The van der Waals surface area contributed by atoms with Crippen LogP contribution in [0.3, 0.4) is 0 Å². The highest BCUT2D eigenvalue weighted by Gasteiger charge is 1.88. The van der Waals surface area contributed by atoms with E-state index in [4.69, 9.17) is 0 Å². The van der Waals surface area contributed by atoms with Crippen LogP contribution in [0.15, 0.2) is 10.9 Å². The zero-order valence-corrected chi connectivity index (χ0v) is 3.97. The minimum absolute atomic E-state index is 0.273. The van der Waals surface area contributed by atoms with Gasteiger partial charge in [-0.15, -0.1) is 0 Å². The summed E-state index contributed by atoms with van der Waals surface area (Å²) in [6.45, 7) is 0. The van der Waals surface area contributed by atoms with Crippen LogP contribution in [0.2, 0.25) is 0 Å². The number of carbonyl (C=O) groups is 1. The van der Waals surface area contributed by atoms with Crippen molar-refractivity contribution in [1.29, 1.82) is 0 Å². The predicted molar refractivity (Wildman–Crippen MR) is 26.8 cm³/mol. The first kappa shape index (κ1) is 4.83. The largest absolute Gasteiger partial charge is 0.296 e. The summed E-state index contributed by atoms with van der Waals surface area (Å²) in [6, 6.07) is 1.19. The van der Waals surface area contributed by atoms with Crippen molar-refractivity contribution in [2.45, 2.75) is 0 Å². The van der Waals surface area contributed by atoms with E-state index >= 15 is 0 Å². The average molecular weight is 112 g/mol. The molecule has 8 heavy (non-hydrogen) atoms. The van der Waals surface area contributed by atoms with Gasteiger partial charge in [0.25, 0.3) is 5.56 Å². The van der Waals surface area contributed by atoms with Crippen molar-refractivity contribution in [3.05, 3.63) is 22.1 Å². The van der Waals surface area contributed by atoms with Crippen LogP contribution in [0.5, 0.6) is 0 Å². The predicted octanol–water partition coefficient (Wildman–Crippen LogP) is -0.485. The molecule has 1 rings (SSSR count). The minimum atomic E-state index is -0.285. The molecule has 0 radical (unpaired) electrons. The SMILES string of the molecule is O=Cc1cc(=O)[nH][nH]1. The standard InChI is InChI=1S/C4H4N2O2/c7-2-3-1-4(8)6-5-3/h1-2H,(H2,5,6,8). The highest BCUT2D eigenvalue weighted by molar-refractivity contribution is 5.70. The summed E-state index contributed by atoms with van der Waals surface area (Å²) < 4.78 is 0. The van der Waals surface area contributed by atoms with Gasteiger partial charge in [-0.3, -0.25) is 19.8 Å². The van der Waals surface area contributed by atoms with Crippen molar-refractivity contribution >= 4 is 6.29 Å². The second kappa shape index (κ2) is 1.65. The Labute approximate surface area is 44.5 Å². The van der Waals surface area contributed by atoms with Crippen molar-refractivity contribution in [3.8, 4) is 0 Å². The molecule has 0 amide bonds. The van der Waals surface area contributed by atoms with Crippen LogP contribution in [0.1, 0.15) is 10.5 Å². The molecule has 42 valence electrons. The first-order chi connectivity index (χ1) is 3.83. The molecule has 0 aliphatic carbocycles. The molecule has 0 aliphatic rings. The number of rotatable bonds is 1. The van der Waals surface area contributed by atoms with Gasteiger partial charge in [0.05, 0.1) is 5.69 Å². The molecule has 1 aromatic rings. The Kier molecular flexibility index (Phi) is 0.997. The topological polar surface area (TPSA) is 65.7 Å². The Balaban J connectivity index is 3.18. The third kappa shape index (κ3) is 0.676. The van der Waals surface area contributed by atoms with E-state index in [0.29, 0.717) is 6.29 Å². The number of aldehydes is 1. The van der Waals surface area contributed by atoms with E-state index in [0.717, 1.165) is 0 Å². The van der Waals surface area contributed by atoms with E-state index in [1.54, 1.807) is 0 Å². The average Bonchev–Trinajstić information content (AvgIpc) is 2.14. The summed E-state index contributed by atoms with van der Waals surface area (Å²) >= 11 is 0. The number of nitrogens with one attached hydrogen (secondary N) is 2. The van der Waals surface area contributed by atoms with Crippen molar-refractivity contribution in [2.75, 3.05) is 0 Å². The van der Waals surface area contributed by atoms with E-state index < -0.39 is 0 Å². The van der Waals surface area contributed by atoms with Crippen LogP contribution in [-0.2, 0) is 0 Å². The van der Waals surface area contributed by atoms with Crippen LogP contribution in [0.4, 0.5) is 0 Å². The summed E-state index contributed by atoms with van der Waals surface area (Å²) in [6.07, 6.45) is 0.567. The van der Waals surface area contributed by atoms with Gasteiger partial charge in [-0.1, -0.05) is 0 Å². The maximum Gasteiger partial charge on any atom is 0.264 e. The molecule has 1 heterocycles. The van der Waals surface area contributed by atoms with Gasteiger partial charge in [0.15, 0.2) is 6.29 Å². The maximum absolute atomic E-state index is 10.2. The Hall–Kier alpha value is -1.32. The zero-order valence-electron chi connectivity index (χ0n) is 3.97. The minimum Gasteiger partial charge on any atom is -0.296 e. The first-order valence-corrected chi connectivity index (χ1v) is 2.06. The van der Waals surface area contributed by atoms with E-state index in [1.807, 2.05) is 0 Å². The molecule has 4 heteroatoms. The molecule has 0 fully saturated rings. The fourth-order valence-corrected chi connectivity index (χ4v) is 0.411. The molecule has 4 nitrogen and oxygen atoms in total. The molecular weight excluding hydrogens is 108 g/mol. The fraction of sp³-hybridized carbons (Fsp3) is 0. The maximum atomic E-state index is 10.2. The highest BCUT2D eigenvalue weighted by atomic mass is 16.1. The van der Waals surface area contributed by atoms with E-state index in [-0.39, 0.29) is 11.3 Å². The monoisotopic (exact) mass is 112 g/mol. The molecular formula is C4H4N2O2. The quantitative estimate of drug-likeness (QED) is 0.481. The van der Waals surface area contributed by atoms with Crippen molar-refractivity contribution in [2.24, 2.45) is 0 Å². The molecule has 0 aromatic carbocycles. The van der Waals surface area contributed by atoms with Gasteiger partial charge in [-0.25, -0.2) is 0 Å². The Bertz CT molecular complexity index is 234. The summed E-state index contributed by atoms with van der Waals surface area (Å²) in [5.41, 5.74) is -0.0119. The molecule has 0 aliphatic heterocycles. The Morgan fingerprint density at radius 3 is 2.50 bits per heavy atom. The zero-order chi connectivity index (χ0) is 5.98. The normalized spacial score (nSPS) is 9.00. The molecule has 0 atom stereocenters. The van der Waals surface area contributed by atoms with E-state index in [1.165, 1.54) is 6.07 Å². The molecule has 2 N–H and O–H groups in total. The Morgan fingerprint density at radius 2 is 2.25 bits per heavy atom. The van der Waals surface area contributed by atoms with Gasteiger partial charge in [-0.05, 0) is 0 Å². The van der Waals surface area contributed by atoms with Gasteiger partial charge in [-0.2, -0.15) is 0 Å². The third-order valence-corrected chi connectivity index (χ3v) is 0.744. The van der Waals surface area contributed by atoms with Crippen LogP contribution < -0.4 is 5.56 Å². The van der Waals surface area contributed by atoms with Crippen LogP contribution >= 0.6 is 0 Å². The Morgan fingerprint density at radius 1 is 1.50 bits per heavy atom. The van der Waals surface area contributed by atoms with Crippen LogP contribution in [0, 0.1) is 0 Å². The molecule has 0 unspecified atom stereocenters. The van der Waals surface area contributed by atoms with Gasteiger partial charge in [0.2, 0.25) is 0 Å². The van der Waals surface area contributed by atoms with Gasteiger partial charge < -0.3 is 0 Å². The van der Waals surface area contributed by atoms with E-state index in [2.05, 4.69) is 10.2 Å². The summed E-state index contributed by atoms with van der Waals surface area (Å²) in [5.74, 6) is 0. The van der Waals surface area contributed by atoms with Crippen molar-refractivity contribution in [1.82, 2.24) is 10.2 Å². The second-order valence-electron chi connectivity index (χ2n) is 1.33. The molecule has 0 saturated carbocycles. The van der Waals surface area contributed by atoms with Gasteiger partial charge in [0.1, 0.15) is 0 Å². The number of H-pyrrole nitrogens is 2. The molecule has 0 saturated heterocycles. The van der Waals surface area contributed by atoms with Gasteiger partial charge in [0, 0.05) is 6.07 Å². The van der Waals surface area contributed by atoms with Gasteiger partial charge >= 0.3 is 0 Å². The summed E-state index contributed by atoms with van der Waals surface area (Å²) in [4.78, 5) is 20.0. The van der Waals surface area contributed by atoms with Crippen molar-refractivity contribution < 1.29 is 4.79 Å². The lowest BCUT2D eigenvalue weighted by atomic mass is 10.5. The lowest BCUT2D eigenvalue weighted by Crippen LogP contribution is -1.93. The lowest BCUT2D eigenvalue weighted by Gasteiger charge is -1.68. The molecule has 0 bridgehead atoms. The summed E-state index contributed by atoms with van der Waals surface area (Å²) in [5, 5.41) is 4.56. The second-order valence-corrected chi connectivity index (χ2v) is 1.33. The number of hydrogen-bond acceptors (Lipinski definition) is 2. The smallest absolute Gasteiger partial charge is 0.264 e.